The third-order valence-electron chi connectivity index (χ3n) is 3.82. The number of phenolic OH excluding ortho intramolecular Hbond substituents is 1. The van der Waals surface area contributed by atoms with E-state index in [4.69, 9.17) is 4.74 Å². The molecular formula is C15H23BrN2O2. The normalized spacial score (nSPS) is 17.9. The van der Waals surface area contributed by atoms with E-state index in [0.717, 1.165) is 50.3 Å². The predicted molar refractivity (Wildman–Crippen MR) is 84.5 cm³/mol. The van der Waals surface area contributed by atoms with Gasteiger partial charge in [0, 0.05) is 37.8 Å². The van der Waals surface area contributed by atoms with Gasteiger partial charge in [-0.2, -0.15) is 0 Å². The Morgan fingerprint density at radius 2 is 2.10 bits per heavy atom. The third kappa shape index (κ3) is 3.45. The molecule has 0 saturated carbocycles. The van der Waals surface area contributed by atoms with E-state index in [1.165, 1.54) is 0 Å². The number of phenols is 1. The molecule has 0 unspecified atom stereocenters. The van der Waals surface area contributed by atoms with Crippen LogP contribution in [-0.2, 0) is 0 Å². The summed E-state index contributed by atoms with van der Waals surface area (Å²) in [5.74, 6) is 1.11. The number of aromatic hydroxyl groups is 1. The zero-order valence-electron chi connectivity index (χ0n) is 12.2. The monoisotopic (exact) mass is 342 g/mol. The topological polar surface area (TPSA) is 44.7 Å². The summed E-state index contributed by atoms with van der Waals surface area (Å²) in [6.45, 7) is 6.22. The van der Waals surface area contributed by atoms with Gasteiger partial charge < -0.3 is 15.2 Å². The maximum atomic E-state index is 10.4. The van der Waals surface area contributed by atoms with Crippen LogP contribution in [0.5, 0.6) is 11.5 Å². The minimum Gasteiger partial charge on any atom is -0.506 e. The Bertz CT molecular complexity index is 448. The predicted octanol–water partition coefficient (Wildman–Crippen LogP) is 2.91. The number of halogens is 1. The Morgan fingerprint density at radius 1 is 1.40 bits per heavy atom. The molecule has 0 amide bonds. The molecule has 1 atom stereocenters. The molecule has 4 nitrogen and oxygen atoms in total. The molecule has 0 aliphatic carbocycles. The molecule has 0 bridgehead atoms. The van der Waals surface area contributed by atoms with E-state index in [2.05, 4.69) is 33.1 Å². The highest BCUT2D eigenvalue weighted by Gasteiger charge is 2.25. The van der Waals surface area contributed by atoms with Gasteiger partial charge in [0.1, 0.15) is 11.5 Å². The Labute approximate surface area is 129 Å². The van der Waals surface area contributed by atoms with Crippen molar-refractivity contribution >= 4 is 15.9 Å². The lowest BCUT2D eigenvalue weighted by Gasteiger charge is -2.35. The van der Waals surface area contributed by atoms with Crippen LogP contribution in [-0.4, -0.2) is 43.3 Å². The number of piperazine rings is 1. The molecule has 1 aromatic carbocycles. The number of ether oxygens (including phenoxy) is 1. The van der Waals surface area contributed by atoms with Crippen molar-refractivity contribution < 1.29 is 9.84 Å². The van der Waals surface area contributed by atoms with Gasteiger partial charge in [-0.25, -0.2) is 0 Å². The lowest BCUT2D eigenvalue weighted by atomic mass is 9.98. The average molecular weight is 343 g/mol. The van der Waals surface area contributed by atoms with Crippen LogP contribution in [0, 0.1) is 0 Å². The fourth-order valence-corrected chi connectivity index (χ4v) is 3.22. The minimum atomic E-state index is 0.244. The molecule has 1 aliphatic rings. The van der Waals surface area contributed by atoms with E-state index in [1.54, 1.807) is 13.2 Å². The number of methoxy groups -OCH3 is 1. The van der Waals surface area contributed by atoms with Crippen molar-refractivity contribution in [3.63, 3.8) is 0 Å². The molecule has 0 spiro atoms. The molecule has 5 heteroatoms. The molecule has 1 aromatic rings. The van der Waals surface area contributed by atoms with Gasteiger partial charge >= 0.3 is 0 Å². The molecule has 20 heavy (non-hydrogen) atoms. The summed E-state index contributed by atoms with van der Waals surface area (Å²) in [5.41, 5.74) is 0.958. The van der Waals surface area contributed by atoms with E-state index in [9.17, 15) is 5.11 Å². The number of hydrogen-bond acceptors (Lipinski definition) is 4. The van der Waals surface area contributed by atoms with Gasteiger partial charge in [0.25, 0.3) is 0 Å². The number of hydrogen-bond donors (Lipinski definition) is 2. The van der Waals surface area contributed by atoms with Crippen molar-refractivity contribution in [1.82, 2.24) is 10.2 Å². The Hall–Kier alpha value is -0.780. The van der Waals surface area contributed by atoms with E-state index < -0.39 is 0 Å². The largest absolute Gasteiger partial charge is 0.506 e. The van der Waals surface area contributed by atoms with Crippen LogP contribution in [0.25, 0.3) is 0 Å². The van der Waals surface area contributed by atoms with E-state index in [1.807, 2.05) is 6.07 Å². The first-order valence-electron chi connectivity index (χ1n) is 7.18. The molecule has 1 saturated heterocycles. The van der Waals surface area contributed by atoms with Crippen molar-refractivity contribution in [2.24, 2.45) is 0 Å². The molecule has 1 heterocycles. The van der Waals surface area contributed by atoms with Gasteiger partial charge in [0.15, 0.2) is 0 Å². The van der Waals surface area contributed by atoms with Crippen molar-refractivity contribution in [3.8, 4) is 11.5 Å². The molecule has 2 N–H and O–H groups in total. The number of nitrogens with zero attached hydrogens (tertiary/aromatic N) is 1. The van der Waals surface area contributed by atoms with Gasteiger partial charge in [-0.1, -0.05) is 13.3 Å². The van der Waals surface area contributed by atoms with E-state index in [0.29, 0.717) is 10.2 Å². The zero-order chi connectivity index (χ0) is 14.5. The summed E-state index contributed by atoms with van der Waals surface area (Å²) in [5, 5.41) is 13.8. The van der Waals surface area contributed by atoms with Gasteiger partial charge in [0.2, 0.25) is 0 Å². The maximum absolute atomic E-state index is 10.4. The smallest absolute Gasteiger partial charge is 0.134 e. The summed E-state index contributed by atoms with van der Waals surface area (Å²) < 4.78 is 6.03. The second-order valence-electron chi connectivity index (χ2n) is 5.14. The Balaban J connectivity index is 2.34. The fraction of sp³-hybridized carbons (Fsp3) is 0.600. The van der Waals surface area contributed by atoms with Crippen molar-refractivity contribution in [1.29, 1.82) is 0 Å². The Kier molecular flexibility index (Phi) is 5.69. The number of benzene rings is 1. The molecule has 0 radical (unpaired) electrons. The van der Waals surface area contributed by atoms with Crippen molar-refractivity contribution in [2.45, 2.75) is 25.8 Å². The summed E-state index contributed by atoms with van der Waals surface area (Å²) in [6.07, 6.45) is 2.12. The second-order valence-corrected chi connectivity index (χ2v) is 5.99. The quantitative estimate of drug-likeness (QED) is 0.863. The third-order valence-corrected chi connectivity index (χ3v) is 4.42. The summed E-state index contributed by atoms with van der Waals surface area (Å²) in [6, 6.07) is 4.01. The average Bonchev–Trinajstić information content (AvgIpc) is 2.48. The summed E-state index contributed by atoms with van der Waals surface area (Å²) >= 11 is 3.42. The van der Waals surface area contributed by atoms with Crippen LogP contribution in [0.2, 0.25) is 0 Å². The van der Waals surface area contributed by atoms with E-state index >= 15 is 0 Å². The van der Waals surface area contributed by atoms with Crippen LogP contribution in [0.3, 0.4) is 0 Å². The van der Waals surface area contributed by atoms with Gasteiger partial charge in [-0.15, -0.1) is 0 Å². The molecule has 1 aliphatic heterocycles. The highest BCUT2D eigenvalue weighted by molar-refractivity contribution is 9.10. The van der Waals surface area contributed by atoms with Crippen LogP contribution >= 0.6 is 15.9 Å². The van der Waals surface area contributed by atoms with Gasteiger partial charge in [-0.05, 0) is 34.5 Å². The van der Waals surface area contributed by atoms with Crippen LogP contribution in [0.15, 0.2) is 16.6 Å². The van der Waals surface area contributed by atoms with Crippen molar-refractivity contribution in [2.75, 3.05) is 33.3 Å². The minimum absolute atomic E-state index is 0.244. The van der Waals surface area contributed by atoms with Crippen molar-refractivity contribution in [3.05, 3.63) is 22.2 Å². The lowest BCUT2D eigenvalue weighted by Crippen LogP contribution is -2.45. The highest BCUT2D eigenvalue weighted by Crippen LogP contribution is 2.39. The summed E-state index contributed by atoms with van der Waals surface area (Å²) in [4.78, 5) is 2.45. The lowest BCUT2D eigenvalue weighted by molar-refractivity contribution is 0.162. The van der Waals surface area contributed by atoms with Crippen LogP contribution < -0.4 is 10.1 Å². The van der Waals surface area contributed by atoms with Gasteiger partial charge in [0.05, 0.1) is 11.6 Å². The maximum Gasteiger partial charge on any atom is 0.134 e. The first-order chi connectivity index (χ1) is 9.67. The summed E-state index contributed by atoms with van der Waals surface area (Å²) in [7, 11) is 1.66. The Morgan fingerprint density at radius 3 is 2.70 bits per heavy atom. The highest BCUT2D eigenvalue weighted by atomic mass is 79.9. The standard InChI is InChI=1S/C15H23BrN2O2/c1-3-4-14(18-7-5-17-6-8-18)12-9-11(20-2)10-13(16)15(12)19/h9-10,14,17,19H,3-8H2,1-2H3/t14-/m1/s1. The van der Waals surface area contributed by atoms with Crippen LogP contribution in [0.1, 0.15) is 31.4 Å². The van der Waals surface area contributed by atoms with Crippen LogP contribution in [0.4, 0.5) is 0 Å². The second kappa shape index (κ2) is 7.29. The van der Waals surface area contributed by atoms with E-state index in [-0.39, 0.29) is 6.04 Å². The SMILES string of the molecule is CCC[C@H](c1cc(OC)cc(Br)c1O)N1CCNCC1. The molecule has 2 rings (SSSR count). The zero-order valence-corrected chi connectivity index (χ0v) is 13.7. The molecule has 1 fully saturated rings. The molecule has 0 aromatic heterocycles. The first-order valence-corrected chi connectivity index (χ1v) is 7.97. The molecule has 112 valence electrons. The number of rotatable bonds is 5. The first kappa shape index (κ1) is 15.6. The van der Waals surface area contributed by atoms with Gasteiger partial charge in [-0.3, -0.25) is 4.90 Å². The fourth-order valence-electron chi connectivity index (χ4n) is 2.77. The molecular weight excluding hydrogens is 320 g/mol. The number of nitrogens with one attached hydrogen (secondary N) is 1.